The number of likely N-dealkylation sites (tertiary alicyclic amines) is 1. The highest BCUT2D eigenvalue weighted by molar-refractivity contribution is 5.94. The largest absolute Gasteiger partial charge is 0.508 e. The van der Waals surface area contributed by atoms with Gasteiger partial charge in [0, 0.05) is 18.7 Å². The Bertz CT molecular complexity index is 399. The zero-order chi connectivity index (χ0) is 12.5. The summed E-state index contributed by atoms with van der Waals surface area (Å²) in [5, 5.41) is 9.19. The van der Waals surface area contributed by atoms with Crippen molar-refractivity contribution < 1.29 is 9.90 Å². The molecular formula is C14H19NO2. The van der Waals surface area contributed by atoms with Gasteiger partial charge in [-0.05, 0) is 42.5 Å². The second-order valence-electron chi connectivity index (χ2n) is 5.50. The molecule has 1 heterocycles. The molecule has 1 aromatic carbocycles. The molecule has 17 heavy (non-hydrogen) atoms. The maximum absolute atomic E-state index is 12.2. The predicted molar refractivity (Wildman–Crippen MR) is 67.0 cm³/mol. The van der Waals surface area contributed by atoms with Gasteiger partial charge in [-0.2, -0.15) is 0 Å². The van der Waals surface area contributed by atoms with Gasteiger partial charge in [-0.3, -0.25) is 4.79 Å². The Morgan fingerprint density at radius 2 is 1.71 bits per heavy atom. The van der Waals surface area contributed by atoms with Crippen LogP contribution >= 0.6 is 0 Å². The van der Waals surface area contributed by atoms with Crippen molar-refractivity contribution in [1.29, 1.82) is 0 Å². The SMILES string of the molecule is CC1(C)CCN(C(=O)c2ccc(O)cc2)CC1. The summed E-state index contributed by atoms with van der Waals surface area (Å²) in [7, 11) is 0. The van der Waals surface area contributed by atoms with Crippen LogP contribution in [-0.2, 0) is 0 Å². The molecule has 1 fully saturated rings. The van der Waals surface area contributed by atoms with Crippen molar-refractivity contribution >= 4 is 5.91 Å². The van der Waals surface area contributed by atoms with Crippen molar-refractivity contribution in [2.75, 3.05) is 13.1 Å². The number of rotatable bonds is 1. The second-order valence-corrected chi connectivity index (χ2v) is 5.50. The van der Waals surface area contributed by atoms with E-state index in [9.17, 15) is 9.90 Å². The summed E-state index contributed by atoms with van der Waals surface area (Å²) in [6.07, 6.45) is 2.10. The molecule has 2 rings (SSSR count). The van der Waals surface area contributed by atoms with Crippen LogP contribution in [0.5, 0.6) is 5.75 Å². The van der Waals surface area contributed by atoms with Crippen LogP contribution in [0.2, 0.25) is 0 Å². The standard InChI is InChI=1S/C14H19NO2/c1-14(2)7-9-15(10-8-14)13(17)11-3-5-12(16)6-4-11/h3-6,16H,7-10H2,1-2H3. The molecule has 0 unspecified atom stereocenters. The number of phenols is 1. The van der Waals surface area contributed by atoms with Gasteiger partial charge < -0.3 is 10.0 Å². The second kappa shape index (κ2) is 4.40. The van der Waals surface area contributed by atoms with Gasteiger partial charge in [0.2, 0.25) is 0 Å². The molecule has 0 radical (unpaired) electrons. The lowest BCUT2D eigenvalue weighted by Crippen LogP contribution is -2.41. The van der Waals surface area contributed by atoms with E-state index in [1.54, 1.807) is 24.3 Å². The van der Waals surface area contributed by atoms with E-state index >= 15 is 0 Å². The van der Waals surface area contributed by atoms with Gasteiger partial charge in [-0.15, -0.1) is 0 Å². The van der Waals surface area contributed by atoms with Crippen molar-refractivity contribution in [2.45, 2.75) is 26.7 Å². The Morgan fingerprint density at radius 1 is 1.18 bits per heavy atom. The molecule has 1 aliphatic heterocycles. The molecule has 3 heteroatoms. The van der Waals surface area contributed by atoms with E-state index in [0.29, 0.717) is 11.0 Å². The van der Waals surface area contributed by atoms with Crippen LogP contribution in [0.15, 0.2) is 24.3 Å². The number of benzene rings is 1. The Kier molecular flexibility index (Phi) is 3.09. The number of nitrogens with zero attached hydrogens (tertiary/aromatic N) is 1. The monoisotopic (exact) mass is 233 g/mol. The minimum absolute atomic E-state index is 0.0699. The molecule has 0 spiro atoms. The summed E-state index contributed by atoms with van der Waals surface area (Å²) in [6, 6.07) is 6.47. The van der Waals surface area contributed by atoms with E-state index in [1.165, 1.54) is 0 Å². The maximum atomic E-state index is 12.2. The summed E-state index contributed by atoms with van der Waals surface area (Å²) < 4.78 is 0. The van der Waals surface area contributed by atoms with E-state index in [0.717, 1.165) is 25.9 Å². The first-order valence-corrected chi connectivity index (χ1v) is 6.06. The molecule has 0 saturated carbocycles. The highest BCUT2D eigenvalue weighted by Gasteiger charge is 2.28. The fourth-order valence-corrected chi connectivity index (χ4v) is 2.10. The van der Waals surface area contributed by atoms with Crippen LogP contribution < -0.4 is 0 Å². The molecule has 1 aromatic rings. The molecule has 0 aliphatic carbocycles. The molecule has 0 atom stereocenters. The number of hydrogen-bond donors (Lipinski definition) is 1. The molecule has 3 nitrogen and oxygen atoms in total. The quantitative estimate of drug-likeness (QED) is 0.810. The summed E-state index contributed by atoms with van der Waals surface area (Å²) >= 11 is 0. The van der Waals surface area contributed by atoms with E-state index in [1.807, 2.05) is 4.90 Å². The van der Waals surface area contributed by atoms with E-state index in [4.69, 9.17) is 0 Å². The summed E-state index contributed by atoms with van der Waals surface area (Å²) in [4.78, 5) is 14.1. The molecule has 92 valence electrons. The predicted octanol–water partition coefficient (Wildman–Crippen LogP) is 2.65. The summed E-state index contributed by atoms with van der Waals surface area (Å²) in [5.74, 6) is 0.266. The number of carbonyl (C=O) groups is 1. The van der Waals surface area contributed by atoms with Crippen molar-refractivity contribution in [2.24, 2.45) is 5.41 Å². The number of phenolic OH excluding ortho intramolecular Hbond substituents is 1. The zero-order valence-electron chi connectivity index (χ0n) is 10.4. The Balaban J connectivity index is 2.04. The summed E-state index contributed by atoms with van der Waals surface area (Å²) in [6.45, 7) is 6.14. The first-order chi connectivity index (χ1) is 7.98. The number of carbonyl (C=O) groups excluding carboxylic acids is 1. The normalized spacial score (nSPS) is 19.1. The lowest BCUT2D eigenvalue weighted by Gasteiger charge is -2.36. The fourth-order valence-electron chi connectivity index (χ4n) is 2.10. The molecule has 0 bridgehead atoms. The Labute approximate surface area is 102 Å². The van der Waals surface area contributed by atoms with Crippen molar-refractivity contribution in [3.8, 4) is 5.75 Å². The topological polar surface area (TPSA) is 40.5 Å². The highest BCUT2D eigenvalue weighted by atomic mass is 16.3. The van der Waals surface area contributed by atoms with Crippen LogP contribution in [0.1, 0.15) is 37.0 Å². The van der Waals surface area contributed by atoms with Gasteiger partial charge in [0.15, 0.2) is 0 Å². The van der Waals surface area contributed by atoms with Gasteiger partial charge in [0.25, 0.3) is 5.91 Å². The first kappa shape index (κ1) is 12.0. The number of amides is 1. The van der Waals surface area contributed by atoms with Crippen molar-refractivity contribution in [1.82, 2.24) is 4.90 Å². The van der Waals surface area contributed by atoms with Crippen molar-refractivity contribution in [3.63, 3.8) is 0 Å². The van der Waals surface area contributed by atoms with Gasteiger partial charge in [0.05, 0.1) is 0 Å². The molecule has 1 amide bonds. The average molecular weight is 233 g/mol. The maximum Gasteiger partial charge on any atom is 0.253 e. The third kappa shape index (κ3) is 2.78. The average Bonchev–Trinajstić information content (AvgIpc) is 2.29. The third-order valence-electron chi connectivity index (χ3n) is 3.52. The first-order valence-electron chi connectivity index (χ1n) is 6.06. The van der Waals surface area contributed by atoms with Crippen LogP contribution in [0.4, 0.5) is 0 Å². The molecular weight excluding hydrogens is 214 g/mol. The minimum Gasteiger partial charge on any atom is -0.508 e. The fraction of sp³-hybridized carbons (Fsp3) is 0.500. The molecule has 1 N–H and O–H groups in total. The van der Waals surface area contributed by atoms with Gasteiger partial charge in [-0.1, -0.05) is 13.8 Å². The van der Waals surface area contributed by atoms with E-state index in [2.05, 4.69) is 13.8 Å². The van der Waals surface area contributed by atoms with Gasteiger partial charge in [-0.25, -0.2) is 0 Å². The Hall–Kier alpha value is -1.51. The van der Waals surface area contributed by atoms with Gasteiger partial charge >= 0.3 is 0 Å². The molecule has 1 aliphatic rings. The molecule has 0 aromatic heterocycles. The smallest absolute Gasteiger partial charge is 0.253 e. The zero-order valence-corrected chi connectivity index (χ0v) is 10.4. The number of aromatic hydroxyl groups is 1. The minimum atomic E-state index is 0.0699. The van der Waals surface area contributed by atoms with Crippen molar-refractivity contribution in [3.05, 3.63) is 29.8 Å². The lowest BCUT2D eigenvalue weighted by atomic mass is 9.82. The van der Waals surface area contributed by atoms with Crippen LogP contribution in [-0.4, -0.2) is 29.0 Å². The Morgan fingerprint density at radius 3 is 2.24 bits per heavy atom. The third-order valence-corrected chi connectivity index (χ3v) is 3.52. The van der Waals surface area contributed by atoms with E-state index < -0.39 is 0 Å². The summed E-state index contributed by atoms with van der Waals surface area (Å²) in [5.41, 5.74) is 1.01. The van der Waals surface area contributed by atoms with E-state index in [-0.39, 0.29) is 11.7 Å². The number of hydrogen-bond acceptors (Lipinski definition) is 2. The molecule has 1 saturated heterocycles. The van der Waals surface area contributed by atoms with Gasteiger partial charge in [0.1, 0.15) is 5.75 Å². The van der Waals surface area contributed by atoms with Crippen LogP contribution in [0.25, 0.3) is 0 Å². The lowest BCUT2D eigenvalue weighted by molar-refractivity contribution is 0.0630. The van der Waals surface area contributed by atoms with Crippen LogP contribution in [0, 0.1) is 5.41 Å². The van der Waals surface area contributed by atoms with Crippen LogP contribution in [0.3, 0.4) is 0 Å². The highest BCUT2D eigenvalue weighted by Crippen LogP contribution is 2.30. The number of piperidine rings is 1.